The van der Waals surface area contributed by atoms with Crippen molar-refractivity contribution in [2.75, 3.05) is 0 Å². The highest BCUT2D eigenvalue weighted by molar-refractivity contribution is 7.85. The first-order valence-electron chi connectivity index (χ1n) is 3.42. The Morgan fingerprint density at radius 3 is 2.00 bits per heavy atom. The van der Waals surface area contributed by atoms with Gasteiger partial charge in [0.15, 0.2) is 0 Å². The Balaban J connectivity index is 0.00000196. The lowest BCUT2D eigenvalue weighted by Crippen LogP contribution is -2.02. The standard InChI is InChI=1S/C7H6F2O4S.ClH/c8-7(9)13-5-1-3-6(4-2-5)14(10,11)12;/h1-4,7H,(H,10,11,12);1H. The zero-order valence-electron chi connectivity index (χ0n) is 7.13. The summed E-state index contributed by atoms with van der Waals surface area (Å²) in [6.45, 7) is -2.97. The van der Waals surface area contributed by atoms with Crippen LogP contribution in [-0.4, -0.2) is 19.6 Å². The maximum Gasteiger partial charge on any atom is 0.387 e. The minimum Gasteiger partial charge on any atom is -0.435 e. The number of rotatable bonds is 3. The third kappa shape index (κ3) is 4.41. The molecule has 0 saturated heterocycles. The second kappa shape index (κ2) is 5.24. The predicted octanol–water partition coefficient (Wildman–Crippen LogP) is 1.96. The topological polar surface area (TPSA) is 63.6 Å². The van der Waals surface area contributed by atoms with Crippen molar-refractivity contribution in [2.24, 2.45) is 0 Å². The Morgan fingerprint density at radius 1 is 1.20 bits per heavy atom. The third-order valence-corrected chi connectivity index (χ3v) is 2.21. The van der Waals surface area contributed by atoms with Gasteiger partial charge in [0, 0.05) is 0 Å². The second-order valence-electron chi connectivity index (χ2n) is 2.32. The van der Waals surface area contributed by atoms with Gasteiger partial charge < -0.3 is 4.74 Å². The molecule has 1 rings (SSSR count). The van der Waals surface area contributed by atoms with Crippen molar-refractivity contribution in [3.05, 3.63) is 24.3 Å². The lowest BCUT2D eigenvalue weighted by molar-refractivity contribution is -0.0498. The van der Waals surface area contributed by atoms with Crippen LogP contribution < -0.4 is 4.74 Å². The van der Waals surface area contributed by atoms with Crippen LogP contribution in [0.3, 0.4) is 0 Å². The molecule has 0 aliphatic heterocycles. The van der Waals surface area contributed by atoms with Crippen molar-refractivity contribution in [3.8, 4) is 5.75 Å². The smallest absolute Gasteiger partial charge is 0.387 e. The van der Waals surface area contributed by atoms with Crippen molar-refractivity contribution in [2.45, 2.75) is 11.5 Å². The van der Waals surface area contributed by atoms with Crippen LogP contribution in [0.1, 0.15) is 0 Å². The molecule has 0 aliphatic carbocycles. The lowest BCUT2D eigenvalue weighted by atomic mass is 10.3. The van der Waals surface area contributed by atoms with E-state index >= 15 is 0 Å². The molecule has 1 aromatic rings. The molecule has 15 heavy (non-hydrogen) atoms. The van der Waals surface area contributed by atoms with Gasteiger partial charge in [0.2, 0.25) is 0 Å². The van der Waals surface area contributed by atoms with E-state index in [2.05, 4.69) is 4.74 Å². The largest absolute Gasteiger partial charge is 0.435 e. The van der Waals surface area contributed by atoms with Crippen LogP contribution in [0.2, 0.25) is 0 Å². The van der Waals surface area contributed by atoms with E-state index in [4.69, 9.17) is 4.55 Å². The summed E-state index contributed by atoms with van der Waals surface area (Å²) in [6.07, 6.45) is 0. The average molecular weight is 261 g/mol. The summed E-state index contributed by atoms with van der Waals surface area (Å²) in [5, 5.41) is 0. The Hall–Kier alpha value is -0.920. The minimum absolute atomic E-state index is 0. The number of hydrogen-bond acceptors (Lipinski definition) is 3. The van der Waals surface area contributed by atoms with Crippen molar-refractivity contribution >= 4 is 22.5 Å². The first kappa shape index (κ1) is 14.1. The van der Waals surface area contributed by atoms with E-state index in [0.29, 0.717) is 0 Å². The Labute approximate surface area is 91.0 Å². The van der Waals surface area contributed by atoms with E-state index in [-0.39, 0.29) is 23.1 Å². The van der Waals surface area contributed by atoms with Crippen LogP contribution in [0.4, 0.5) is 8.78 Å². The van der Waals surface area contributed by atoms with E-state index in [1.54, 1.807) is 0 Å². The molecule has 0 aliphatic rings. The van der Waals surface area contributed by atoms with Gasteiger partial charge in [0.1, 0.15) is 5.75 Å². The first-order chi connectivity index (χ1) is 6.39. The fraction of sp³-hybridized carbons (Fsp3) is 0.143. The maximum atomic E-state index is 11.7. The van der Waals surface area contributed by atoms with E-state index in [9.17, 15) is 17.2 Å². The van der Waals surface area contributed by atoms with Gasteiger partial charge in [-0.15, -0.1) is 12.4 Å². The molecule has 0 aromatic heterocycles. The van der Waals surface area contributed by atoms with Gasteiger partial charge in [-0.25, -0.2) is 0 Å². The summed E-state index contributed by atoms with van der Waals surface area (Å²) in [4.78, 5) is -0.376. The van der Waals surface area contributed by atoms with E-state index in [1.165, 1.54) is 0 Å². The molecule has 0 spiro atoms. The maximum absolute atomic E-state index is 11.7. The van der Waals surface area contributed by atoms with E-state index in [0.717, 1.165) is 24.3 Å². The van der Waals surface area contributed by atoms with Crippen LogP contribution in [-0.2, 0) is 10.1 Å². The number of halogens is 3. The Morgan fingerprint density at radius 2 is 1.67 bits per heavy atom. The zero-order chi connectivity index (χ0) is 10.8. The Kier molecular flexibility index (Phi) is 4.92. The molecule has 8 heteroatoms. The van der Waals surface area contributed by atoms with Gasteiger partial charge >= 0.3 is 6.61 Å². The lowest BCUT2D eigenvalue weighted by Gasteiger charge is -2.03. The molecule has 1 N–H and O–H groups in total. The molecule has 0 bridgehead atoms. The Bertz CT molecular complexity index is 404. The van der Waals surface area contributed by atoms with Crippen LogP contribution in [0.25, 0.3) is 0 Å². The molecule has 0 amide bonds. The minimum atomic E-state index is -4.29. The quantitative estimate of drug-likeness (QED) is 0.844. The van der Waals surface area contributed by atoms with Crippen molar-refractivity contribution in [3.63, 3.8) is 0 Å². The van der Waals surface area contributed by atoms with Crippen molar-refractivity contribution in [1.29, 1.82) is 0 Å². The summed E-state index contributed by atoms with van der Waals surface area (Å²) < 4.78 is 56.9. The SMILES string of the molecule is Cl.O=S(=O)(O)c1ccc(OC(F)F)cc1. The molecule has 0 fully saturated rings. The average Bonchev–Trinajstić information content (AvgIpc) is 2.02. The summed E-state index contributed by atoms with van der Waals surface area (Å²) in [5.41, 5.74) is 0. The molecule has 0 radical (unpaired) electrons. The highest BCUT2D eigenvalue weighted by atomic mass is 35.5. The highest BCUT2D eigenvalue weighted by Crippen LogP contribution is 2.17. The highest BCUT2D eigenvalue weighted by Gasteiger charge is 2.10. The van der Waals surface area contributed by atoms with Gasteiger partial charge in [0.25, 0.3) is 10.1 Å². The van der Waals surface area contributed by atoms with Gasteiger partial charge in [-0.05, 0) is 24.3 Å². The fourth-order valence-electron chi connectivity index (χ4n) is 0.793. The van der Waals surface area contributed by atoms with Crippen LogP contribution >= 0.6 is 12.4 Å². The van der Waals surface area contributed by atoms with Crippen LogP contribution in [0.15, 0.2) is 29.2 Å². The van der Waals surface area contributed by atoms with Gasteiger partial charge in [-0.1, -0.05) is 0 Å². The summed E-state index contributed by atoms with van der Waals surface area (Å²) in [5.74, 6) is -0.174. The molecule has 0 unspecified atom stereocenters. The van der Waals surface area contributed by atoms with Crippen molar-refractivity contribution in [1.82, 2.24) is 0 Å². The molecule has 86 valence electrons. The van der Waals surface area contributed by atoms with E-state index < -0.39 is 16.7 Å². The molecule has 0 saturated carbocycles. The van der Waals surface area contributed by atoms with Crippen LogP contribution in [0.5, 0.6) is 5.75 Å². The first-order valence-corrected chi connectivity index (χ1v) is 4.86. The summed E-state index contributed by atoms with van der Waals surface area (Å²) in [6, 6.07) is 3.98. The monoisotopic (exact) mass is 260 g/mol. The number of alkyl halides is 2. The van der Waals surface area contributed by atoms with Gasteiger partial charge in [-0.3, -0.25) is 4.55 Å². The normalized spacial score (nSPS) is 10.9. The molecule has 0 heterocycles. The number of benzene rings is 1. The van der Waals surface area contributed by atoms with Crippen LogP contribution in [0, 0.1) is 0 Å². The van der Waals surface area contributed by atoms with Gasteiger partial charge in [-0.2, -0.15) is 17.2 Å². The molecular formula is C7H7ClF2O4S. The predicted molar refractivity (Wildman–Crippen MR) is 50.1 cm³/mol. The van der Waals surface area contributed by atoms with Crippen molar-refractivity contribution < 1.29 is 26.5 Å². The number of ether oxygens (including phenoxy) is 1. The van der Waals surface area contributed by atoms with Gasteiger partial charge in [0.05, 0.1) is 4.90 Å². The molecule has 0 atom stereocenters. The summed E-state index contributed by atoms with van der Waals surface area (Å²) >= 11 is 0. The molecule has 4 nitrogen and oxygen atoms in total. The third-order valence-electron chi connectivity index (χ3n) is 1.35. The molecule has 1 aromatic carbocycles. The molecular weight excluding hydrogens is 254 g/mol. The fourth-order valence-corrected chi connectivity index (χ4v) is 1.27. The summed E-state index contributed by atoms with van der Waals surface area (Å²) in [7, 11) is -4.29. The van der Waals surface area contributed by atoms with E-state index in [1.807, 2.05) is 0 Å². The zero-order valence-corrected chi connectivity index (χ0v) is 8.76. The number of hydrogen-bond donors (Lipinski definition) is 1. The second-order valence-corrected chi connectivity index (χ2v) is 3.75.